The summed E-state index contributed by atoms with van der Waals surface area (Å²) in [6, 6.07) is 3.44. The number of hydrogen-bond donors (Lipinski definition) is 2. The number of piperazine rings is 1. The standard InChI is InChI=1S/C23H32F6IN3O/c1-30-22(25,26)15-20(34)31-17-7-5-16(6-8-17)9-10-32-11-13-33(14-12-32)19-4-2-3-18(21(19)24)23(27,28)29/h2-4,16-17,20,31,34H,1,5-15H2. The molecule has 0 spiro atoms. The number of halogens is 7. The summed E-state index contributed by atoms with van der Waals surface area (Å²) < 4.78 is 80.7. The molecule has 1 unspecified atom stereocenters. The van der Waals surface area contributed by atoms with Crippen LogP contribution >= 0.6 is 20.7 Å². The van der Waals surface area contributed by atoms with Crippen LogP contribution < -0.4 is 10.2 Å². The number of nitrogens with zero attached hydrogens (tertiary/aromatic N) is 2. The van der Waals surface area contributed by atoms with Crippen molar-refractivity contribution in [3.63, 3.8) is 0 Å². The highest BCUT2D eigenvalue weighted by atomic mass is 127. The third-order valence-electron chi connectivity index (χ3n) is 6.75. The molecule has 1 saturated heterocycles. The first-order valence-corrected chi connectivity index (χ1v) is 14.1. The molecule has 1 saturated carbocycles. The number of aliphatic hydroxyl groups is 1. The summed E-state index contributed by atoms with van der Waals surface area (Å²) in [6.07, 6.45) is -1.96. The van der Waals surface area contributed by atoms with Gasteiger partial charge in [0.25, 0.3) is 3.93 Å². The van der Waals surface area contributed by atoms with E-state index in [9.17, 15) is 31.4 Å². The summed E-state index contributed by atoms with van der Waals surface area (Å²) in [6.45, 7) is 3.10. The van der Waals surface area contributed by atoms with Crippen LogP contribution in [-0.4, -0.2) is 63.4 Å². The lowest BCUT2D eigenvalue weighted by Gasteiger charge is -2.37. The second-order valence-electron chi connectivity index (χ2n) is 9.11. The summed E-state index contributed by atoms with van der Waals surface area (Å²) in [5.41, 5.74) is -1.24. The predicted molar refractivity (Wildman–Crippen MR) is 130 cm³/mol. The molecule has 0 amide bonds. The third kappa shape index (κ3) is 7.79. The van der Waals surface area contributed by atoms with Crippen LogP contribution in [0.4, 0.5) is 32.0 Å². The fraction of sp³-hybridized carbons (Fsp3) is 0.696. The zero-order chi connectivity index (χ0) is 24.9. The second-order valence-corrected chi connectivity index (χ2v) is 11.4. The summed E-state index contributed by atoms with van der Waals surface area (Å²) in [7, 11) is 0. The molecule has 1 aliphatic heterocycles. The molecule has 0 aromatic heterocycles. The van der Waals surface area contributed by atoms with Crippen LogP contribution in [0.25, 0.3) is 0 Å². The second kappa shape index (κ2) is 11.9. The zero-order valence-electron chi connectivity index (χ0n) is 18.9. The molecule has 1 aliphatic carbocycles. The van der Waals surface area contributed by atoms with Gasteiger partial charge in [0.05, 0.1) is 17.7 Å². The molecule has 1 heterocycles. The molecular formula is C23H32F6IN3O. The van der Waals surface area contributed by atoms with E-state index >= 15 is 0 Å². The zero-order valence-corrected chi connectivity index (χ0v) is 21.1. The average molecular weight is 607 g/mol. The normalized spacial score (nSPS) is 23.8. The first kappa shape index (κ1) is 27.7. The quantitative estimate of drug-likeness (QED) is 0.175. The van der Waals surface area contributed by atoms with Gasteiger partial charge in [-0.1, -0.05) is 31.3 Å². The Hall–Kier alpha value is -0.920. The van der Waals surface area contributed by atoms with E-state index in [4.69, 9.17) is 0 Å². The molecule has 0 bridgehead atoms. The lowest BCUT2D eigenvalue weighted by atomic mass is 9.84. The molecule has 0 radical (unpaired) electrons. The van der Waals surface area contributed by atoms with Crippen molar-refractivity contribution in [1.82, 2.24) is 10.2 Å². The minimum absolute atomic E-state index is 0.00250. The summed E-state index contributed by atoms with van der Waals surface area (Å²) >= 11 is -1.50. The minimum Gasteiger partial charge on any atom is -0.378 e. The van der Waals surface area contributed by atoms with Gasteiger partial charge < -0.3 is 10.0 Å². The Morgan fingerprint density at radius 1 is 1.06 bits per heavy atom. The average Bonchev–Trinajstić information content (AvgIpc) is 2.78. The maximum atomic E-state index is 14.4. The Kier molecular flexibility index (Phi) is 9.66. The van der Waals surface area contributed by atoms with Crippen molar-refractivity contribution in [2.24, 2.45) is 5.92 Å². The number of aliphatic hydroxyl groups excluding tert-OH is 1. The maximum Gasteiger partial charge on any atom is 0.419 e. The van der Waals surface area contributed by atoms with E-state index in [1.165, 1.54) is 12.1 Å². The Labute approximate surface area is 206 Å². The SMILES string of the molecule is C=IC(F)(F)CC(O)NC1CCC(CCN2CCN(c3cccc(C(F)(F)F)c3F)CC2)CC1. The van der Waals surface area contributed by atoms with Gasteiger partial charge in [-0.15, -0.1) is 0 Å². The van der Waals surface area contributed by atoms with Crippen molar-refractivity contribution < 1.29 is 31.4 Å². The highest BCUT2D eigenvalue weighted by Crippen LogP contribution is 2.36. The van der Waals surface area contributed by atoms with Gasteiger partial charge in [-0.25, -0.2) is 4.39 Å². The monoisotopic (exact) mass is 607 g/mol. The molecule has 2 fully saturated rings. The largest absolute Gasteiger partial charge is 0.419 e. The van der Waals surface area contributed by atoms with Crippen molar-refractivity contribution in [2.75, 3.05) is 37.6 Å². The van der Waals surface area contributed by atoms with E-state index in [0.29, 0.717) is 32.1 Å². The minimum atomic E-state index is -4.71. The van der Waals surface area contributed by atoms with Gasteiger partial charge in [0, 0.05) is 32.2 Å². The molecule has 34 heavy (non-hydrogen) atoms. The van der Waals surface area contributed by atoms with Crippen molar-refractivity contribution in [2.45, 2.75) is 60.9 Å². The Morgan fingerprint density at radius 3 is 2.29 bits per heavy atom. The molecular weight excluding hydrogens is 575 g/mol. The Morgan fingerprint density at radius 2 is 1.71 bits per heavy atom. The molecule has 2 N–H and O–H groups in total. The summed E-state index contributed by atoms with van der Waals surface area (Å²) in [4.78, 5) is 3.92. The number of benzene rings is 1. The summed E-state index contributed by atoms with van der Waals surface area (Å²) in [5, 5.41) is 12.8. The van der Waals surface area contributed by atoms with Gasteiger partial charge in [0.2, 0.25) is 0 Å². The number of nitrogens with one attached hydrogen (secondary N) is 1. The van der Waals surface area contributed by atoms with Crippen LogP contribution in [0.5, 0.6) is 0 Å². The van der Waals surface area contributed by atoms with E-state index in [2.05, 4.69) is 14.7 Å². The number of anilines is 1. The predicted octanol–water partition coefficient (Wildman–Crippen LogP) is 5.21. The lowest BCUT2D eigenvalue weighted by molar-refractivity contribution is -0.139. The smallest absolute Gasteiger partial charge is 0.378 e. The first-order valence-electron chi connectivity index (χ1n) is 11.5. The number of rotatable bonds is 9. The van der Waals surface area contributed by atoms with E-state index < -0.39 is 54.9 Å². The molecule has 4 nitrogen and oxygen atoms in total. The molecule has 1 aromatic carbocycles. The van der Waals surface area contributed by atoms with Crippen LogP contribution in [0.2, 0.25) is 0 Å². The van der Waals surface area contributed by atoms with Crippen LogP contribution in [0.1, 0.15) is 44.1 Å². The highest BCUT2D eigenvalue weighted by Gasteiger charge is 2.36. The van der Waals surface area contributed by atoms with Gasteiger partial charge in [-0.2, -0.15) is 22.0 Å². The van der Waals surface area contributed by atoms with Crippen LogP contribution in [-0.2, 0) is 6.18 Å². The van der Waals surface area contributed by atoms with E-state index in [0.717, 1.165) is 44.7 Å². The van der Waals surface area contributed by atoms with E-state index in [1.54, 1.807) is 4.90 Å². The van der Waals surface area contributed by atoms with Crippen molar-refractivity contribution in [3.8, 4) is 0 Å². The molecule has 1 atom stereocenters. The van der Waals surface area contributed by atoms with Crippen LogP contribution in [0, 0.1) is 11.7 Å². The van der Waals surface area contributed by atoms with Crippen LogP contribution in [0.3, 0.4) is 0 Å². The van der Waals surface area contributed by atoms with Gasteiger partial charge in [-0.05, 0) is 56.7 Å². The highest BCUT2D eigenvalue weighted by molar-refractivity contribution is 14.2. The maximum absolute atomic E-state index is 14.4. The fourth-order valence-electron chi connectivity index (χ4n) is 4.78. The van der Waals surface area contributed by atoms with Gasteiger partial charge in [0.15, 0.2) is 5.82 Å². The third-order valence-corrected chi connectivity index (χ3v) is 8.30. The fourth-order valence-corrected chi connectivity index (χ4v) is 5.51. The van der Waals surface area contributed by atoms with Crippen molar-refractivity contribution in [1.29, 1.82) is 0 Å². The molecule has 2 aliphatic rings. The molecule has 3 rings (SSSR count). The van der Waals surface area contributed by atoms with Gasteiger partial charge in [-0.3, -0.25) is 10.2 Å². The van der Waals surface area contributed by atoms with Crippen molar-refractivity contribution in [3.05, 3.63) is 29.6 Å². The lowest BCUT2D eigenvalue weighted by Crippen LogP contribution is -2.47. The molecule has 1 aromatic rings. The van der Waals surface area contributed by atoms with Gasteiger partial charge in [0.1, 0.15) is 6.23 Å². The Balaban J connectivity index is 1.38. The van der Waals surface area contributed by atoms with Crippen molar-refractivity contribution >= 4 is 30.9 Å². The molecule has 11 heteroatoms. The number of alkyl halides is 6. The summed E-state index contributed by atoms with van der Waals surface area (Å²) in [5.74, 6) is -0.697. The van der Waals surface area contributed by atoms with Gasteiger partial charge >= 0.3 is 6.18 Å². The van der Waals surface area contributed by atoms with E-state index in [1.807, 2.05) is 0 Å². The number of hydrogen-bond acceptors (Lipinski definition) is 4. The molecule has 194 valence electrons. The first-order chi connectivity index (χ1) is 16.0. The van der Waals surface area contributed by atoms with Crippen LogP contribution in [0.15, 0.2) is 18.2 Å². The topological polar surface area (TPSA) is 38.7 Å². The van der Waals surface area contributed by atoms with E-state index in [-0.39, 0.29) is 11.7 Å². The Bertz CT molecular complexity index is 808.